The van der Waals surface area contributed by atoms with Crippen molar-refractivity contribution in [3.8, 4) is 6.07 Å². The normalized spacial score (nSPS) is 12.5. The summed E-state index contributed by atoms with van der Waals surface area (Å²) in [6.07, 6.45) is 0. The van der Waals surface area contributed by atoms with Crippen LogP contribution in [0, 0.1) is 25.2 Å². The number of aryl methyl sites for hydroxylation is 1. The topological polar surface area (TPSA) is 74.8 Å². The molecule has 0 aliphatic heterocycles. The second-order valence-electron chi connectivity index (χ2n) is 6.10. The first-order chi connectivity index (χ1) is 11.9. The molecular formula is C18H19N5OS. The Bertz CT molecular complexity index is 997. The molecule has 2 aromatic heterocycles. The molecule has 2 heterocycles. The van der Waals surface area contributed by atoms with Gasteiger partial charge in [-0.15, -0.1) is 11.3 Å². The number of hydrogen-bond donors (Lipinski definition) is 0. The summed E-state index contributed by atoms with van der Waals surface area (Å²) in [5, 5.41) is 14.6. The van der Waals surface area contributed by atoms with Gasteiger partial charge in [0.2, 0.25) is 0 Å². The summed E-state index contributed by atoms with van der Waals surface area (Å²) in [4.78, 5) is 19.1. The van der Waals surface area contributed by atoms with Crippen molar-refractivity contribution in [1.82, 2.24) is 19.7 Å². The molecule has 1 aromatic carbocycles. The van der Waals surface area contributed by atoms with Crippen molar-refractivity contribution in [3.63, 3.8) is 0 Å². The van der Waals surface area contributed by atoms with Gasteiger partial charge < -0.3 is 0 Å². The monoisotopic (exact) mass is 353 g/mol. The van der Waals surface area contributed by atoms with Crippen LogP contribution >= 0.6 is 11.3 Å². The minimum absolute atomic E-state index is 0.0262. The van der Waals surface area contributed by atoms with Crippen molar-refractivity contribution >= 4 is 21.6 Å². The van der Waals surface area contributed by atoms with E-state index in [0.717, 1.165) is 15.2 Å². The van der Waals surface area contributed by atoms with Crippen LogP contribution in [0.2, 0.25) is 0 Å². The van der Waals surface area contributed by atoms with Gasteiger partial charge in [-0.25, -0.2) is 9.67 Å². The fourth-order valence-corrected chi connectivity index (χ4v) is 3.68. The van der Waals surface area contributed by atoms with Gasteiger partial charge in [0.15, 0.2) is 0 Å². The van der Waals surface area contributed by atoms with Gasteiger partial charge in [0.05, 0.1) is 28.6 Å². The van der Waals surface area contributed by atoms with Crippen molar-refractivity contribution in [2.75, 3.05) is 7.05 Å². The lowest BCUT2D eigenvalue weighted by molar-refractivity contribution is 0.190. The SMILES string of the molecule is Cc1nn(CN(C)[C@@H](C)c2nc3ccccc3s2)c(=O)c(C#N)c1C. The molecule has 7 heteroatoms. The number of aromatic nitrogens is 3. The summed E-state index contributed by atoms with van der Waals surface area (Å²) in [5.74, 6) is 0. The molecule has 0 saturated heterocycles. The van der Waals surface area contributed by atoms with Crippen LogP contribution in [0.15, 0.2) is 29.1 Å². The zero-order valence-corrected chi connectivity index (χ0v) is 15.5. The molecule has 3 aromatic rings. The third-order valence-electron chi connectivity index (χ3n) is 4.43. The highest BCUT2D eigenvalue weighted by atomic mass is 32.1. The average Bonchev–Trinajstić information content (AvgIpc) is 3.03. The quantitative estimate of drug-likeness (QED) is 0.721. The van der Waals surface area contributed by atoms with Crippen molar-refractivity contribution in [2.45, 2.75) is 33.5 Å². The molecule has 0 spiro atoms. The number of rotatable bonds is 4. The number of para-hydroxylation sites is 1. The molecule has 0 unspecified atom stereocenters. The van der Waals surface area contributed by atoms with E-state index in [0.29, 0.717) is 17.9 Å². The van der Waals surface area contributed by atoms with Crippen LogP contribution in [-0.4, -0.2) is 26.7 Å². The number of hydrogen-bond acceptors (Lipinski definition) is 6. The van der Waals surface area contributed by atoms with E-state index in [1.807, 2.05) is 43.1 Å². The Morgan fingerprint density at radius 1 is 1.36 bits per heavy atom. The molecule has 0 fully saturated rings. The smallest absolute Gasteiger partial charge is 0.278 e. The molecule has 6 nitrogen and oxygen atoms in total. The van der Waals surface area contributed by atoms with Gasteiger partial charge in [0, 0.05) is 0 Å². The highest BCUT2D eigenvalue weighted by molar-refractivity contribution is 7.18. The van der Waals surface area contributed by atoms with Crippen LogP contribution in [0.1, 0.15) is 34.8 Å². The van der Waals surface area contributed by atoms with E-state index in [9.17, 15) is 10.1 Å². The highest BCUT2D eigenvalue weighted by Crippen LogP contribution is 2.28. The summed E-state index contributed by atoms with van der Waals surface area (Å²) in [5.41, 5.74) is 2.13. The largest absolute Gasteiger partial charge is 0.286 e. The number of nitrogens with zero attached hydrogens (tertiary/aromatic N) is 5. The van der Waals surface area contributed by atoms with E-state index in [1.165, 1.54) is 4.68 Å². The van der Waals surface area contributed by atoms with Crippen LogP contribution in [0.25, 0.3) is 10.2 Å². The Hall–Kier alpha value is -2.56. The number of thiazole rings is 1. The fourth-order valence-electron chi connectivity index (χ4n) is 2.59. The van der Waals surface area contributed by atoms with Gasteiger partial charge in [-0.3, -0.25) is 9.69 Å². The van der Waals surface area contributed by atoms with E-state index in [4.69, 9.17) is 0 Å². The lowest BCUT2D eigenvalue weighted by Gasteiger charge is -2.23. The molecule has 0 aliphatic rings. The Morgan fingerprint density at radius 2 is 2.08 bits per heavy atom. The van der Waals surface area contributed by atoms with Gasteiger partial charge in [0.1, 0.15) is 16.6 Å². The lowest BCUT2D eigenvalue weighted by Crippen LogP contribution is -2.35. The zero-order valence-electron chi connectivity index (χ0n) is 14.6. The summed E-state index contributed by atoms with van der Waals surface area (Å²) in [7, 11) is 1.92. The van der Waals surface area contributed by atoms with Gasteiger partial charge in [0.25, 0.3) is 5.56 Å². The third kappa shape index (κ3) is 3.18. The highest BCUT2D eigenvalue weighted by Gasteiger charge is 2.19. The van der Waals surface area contributed by atoms with Crippen LogP contribution in [0.3, 0.4) is 0 Å². The molecule has 0 aliphatic carbocycles. The van der Waals surface area contributed by atoms with Crippen LogP contribution in [0.5, 0.6) is 0 Å². The van der Waals surface area contributed by atoms with Crippen molar-refractivity contribution in [1.29, 1.82) is 5.26 Å². The minimum atomic E-state index is -0.353. The molecule has 1 atom stereocenters. The Kier molecular flexibility index (Phi) is 4.66. The standard InChI is InChI=1S/C18H19N5OS/c1-11-12(2)21-23(18(24)14(11)9-19)10-22(4)13(3)17-20-15-7-5-6-8-16(15)25-17/h5-8,13H,10H2,1-4H3/t13-/m0/s1. The first-order valence-electron chi connectivity index (χ1n) is 7.96. The first-order valence-corrected chi connectivity index (χ1v) is 8.78. The summed E-state index contributed by atoms with van der Waals surface area (Å²) in [6.45, 7) is 5.91. The van der Waals surface area contributed by atoms with E-state index in [2.05, 4.69) is 23.1 Å². The molecule has 0 radical (unpaired) electrons. The second-order valence-corrected chi connectivity index (χ2v) is 7.16. The molecule has 3 rings (SSSR count). The molecule has 128 valence electrons. The Morgan fingerprint density at radius 3 is 2.76 bits per heavy atom. The maximum atomic E-state index is 12.4. The van der Waals surface area contributed by atoms with Gasteiger partial charge in [-0.2, -0.15) is 10.4 Å². The van der Waals surface area contributed by atoms with Crippen molar-refractivity contribution < 1.29 is 0 Å². The molecular weight excluding hydrogens is 334 g/mol. The van der Waals surface area contributed by atoms with Gasteiger partial charge in [-0.1, -0.05) is 12.1 Å². The molecule has 0 N–H and O–H groups in total. The zero-order chi connectivity index (χ0) is 18.1. The van der Waals surface area contributed by atoms with Crippen LogP contribution in [-0.2, 0) is 6.67 Å². The fraction of sp³-hybridized carbons (Fsp3) is 0.333. The van der Waals surface area contributed by atoms with Gasteiger partial charge in [-0.05, 0) is 45.5 Å². The molecule has 25 heavy (non-hydrogen) atoms. The van der Waals surface area contributed by atoms with E-state index < -0.39 is 0 Å². The predicted octanol–water partition coefficient (Wildman–Crippen LogP) is 2.99. The third-order valence-corrected chi connectivity index (χ3v) is 5.64. The van der Waals surface area contributed by atoms with Crippen molar-refractivity contribution in [2.24, 2.45) is 0 Å². The Labute approximate surface area is 150 Å². The van der Waals surface area contributed by atoms with E-state index >= 15 is 0 Å². The average molecular weight is 353 g/mol. The van der Waals surface area contributed by atoms with Crippen LogP contribution < -0.4 is 5.56 Å². The van der Waals surface area contributed by atoms with E-state index in [1.54, 1.807) is 18.3 Å². The summed E-state index contributed by atoms with van der Waals surface area (Å²) < 4.78 is 2.50. The summed E-state index contributed by atoms with van der Waals surface area (Å²) in [6, 6.07) is 10.0. The molecule has 0 amide bonds. The van der Waals surface area contributed by atoms with Crippen molar-refractivity contribution in [3.05, 3.63) is 56.4 Å². The second kappa shape index (κ2) is 6.75. The lowest BCUT2D eigenvalue weighted by atomic mass is 10.1. The summed E-state index contributed by atoms with van der Waals surface area (Å²) >= 11 is 1.65. The van der Waals surface area contributed by atoms with Gasteiger partial charge >= 0.3 is 0 Å². The van der Waals surface area contributed by atoms with Crippen LogP contribution in [0.4, 0.5) is 0 Å². The number of fused-ring (bicyclic) bond motifs is 1. The van der Waals surface area contributed by atoms with E-state index in [-0.39, 0.29) is 17.2 Å². The maximum absolute atomic E-state index is 12.4. The predicted molar refractivity (Wildman–Crippen MR) is 98.5 cm³/mol. The molecule has 0 saturated carbocycles. The number of nitriles is 1. The Balaban J connectivity index is 1.89. The maximum Gasteiger partial charge on any atom is 0.286 e. The first kappa shape index (κ1) is 17.3. The molecule has 0 bridgehead atoms. The number of benzene rings is 1. The minimum Gasteiger partial charge on any atom is -0.278 e.